The highest BCUT2D eigenvalue weighted by Gasteiger charge is 2.15. The maximum atomic E-state index is 11.9. The smallest absolute Gasteiger partial charge is 0.251 e. The van der Waals surface area contributed by atoms with E-state index in [1.54, 1.807) is 0 Å². The van der Waals surface area contributed by atoms with E-state index in [1.165, 1.54) is 5.56 Å². The van der Waals surface area contributed by atoms with Gasteiger partial charge in [-0.2, -0.15) is 0 Å². The van der Waals surface area contributed by atoms with E-state index in [-0.39, 0.29) is 18.6 Å². The Hall–Kier alpha value is -1.55. The van der Waals surface area contributed by atoms with Crippen molar-refractivity contribution in [3.63, 3.8) is 0 Å². The van der Waals surface area contributed by atoms with Crippen molar-refractivity contribution in [3.8, 4) is 0 Å². The van der Waals surface area contributed by atoms with Crippen LogP contribution in [0.3, 0.4) is 0 Å². The summed E-state index contributed by atoms with van der Waals surface area (Å²) in [6.45, 7) is 2.86. The second-order valence-corrected chi connectivity index (χ2v) is 4.31. The summed E-state index contributed by atoms with van der Waals surface area (Å²) in [5, 5.41) is 15.1. The molecule has 0 aromatic heterocycles. The number of aliphatic hydroxyl groups is 1. The first-order chi connectivity index (χ1) is 8.24. The predicted octanol–water partition coefficient (Wildman–Crippen LogP) is 1.16. The number of anilines is 1. The number of carbonyl (C=O) groups excluding carboxylic acids is 1. The third-order valence-corrected chi connectivity index (χ3v) is 3.13. The molecule has 0 aliphatic carbocycles. The lowest BCUT2D eigenvalue weighted by Gasteiger charge is -2.14. The molecular formula is C13H18N2O2. The molecule has 3 N–H and O–H groups in total. The standard InChI is InChI=1S/C13H18N2O2/c1-2-11(8-16)15-13(17)10-3-4-12-9(7-10)5-6-14-12/h3-4,7,11,14,16H,2,5-6,8H2,1H3,(H,15,17)/t11-/m0/s1. The van der Waals surface area contributed by atoms with E-state index in [0.29, 0.717) is 5.56 Å². The fourth-order valence-corrected chi connectivity index (χ4v) is 1.99. The van der Waals surface area contributed by atoms with Crippen molar-refractivity contribution < 1.29 is 9.90 Å². The van der Waals surface area contributed by atoms with Crippen LogP contribution >= 0.6 is 0 Å². The van der Waals surface area contributed by atoms with E-state index in [4.69, 9.17) is 5.11 Å². The van der Waals surface area contributed by atoms with Crippen LogP contribution in [0, 0.1) is 0 Å². The molecule has 0 saturated carbocycles. The van der Waals surface area contributed by atoms with Crippen LogP contribution in [0.1, 0.15) is 29.3 Å². The molecule has 92 valence electrons. The number of nitrogens with one attached hydrogen (secondary N) is 2. The van der Waals surface area contributed by atoms with Crippen molar-refractivity contribution in [3.05, 3.63) is 29.3 Å². The van der Waals surface area contributed by atoms with Crippen molar-refractivity contribution in [2.24, 2.45) is 0 Å². The molecule has 2 rings (SSSR count). The normalized spacial score (nSPS) is 14.9. The van der Waals surface area contributed by atoms with Crippen LogP contribution in [0.2, 0.25) is 0 Å². The van der Waals surface area contributed by atoms with Gasteiger partial charge in [0.15, 0.2) is 0 Å². The molecule has 17 heavy (non-hydrogen) atoms. The van der Waals surface area contributed by atoms with Gasteiger partial charge in [-0.15, -0.1) is 0 Å². The van der Waals surface area contributed by atoms with Crippen LogP contribution in [0.25, 0.3) is 0 Å². The van der Waals surface area contributed by atoms with E-state index in [0.717, 1.165) is 25.1 Å². The molecule has 1 aliphatic rings. The van der Waals surface area contributed by atoms with Gasteiger partial charge in [-0.25, -0.2) is 0 Å². The van der Waals surface area contributed by atoms with Crippen LogP contribution in [-0.4, -0.2) is 30.2 Å². The molecule has 0 saturated heterocycles. The lowest BCUT2D eigenvalue weighted by molar-refractivity contribution is 0.0915. The molecule has 1 aliphatic heterocycles. The van der Waals surface area contributed by atoms with Crippen LogP contribution in [0.4, 0.5) is 5.69 Å². The lowest BCUT2D eigenvalue weighted by Crippen LogP contribution is -2.36. The highest BCUT2D eigenvalue weighted by atomic mass is 16.3. The summed E-state index contributed by atoms with van der Waals surface area (Å²) >= 11 is 0. The van der Waals surface area contributed by atoms with Crippen molar-refractivity contribution in [2.45, 2.75) is 25.8 Å². The first-order valence-corrected chi connectivity index (χ1v) is 6.03. The van der Waals surface area contributed by atoms with Crippen LogP contribution in [0.15, 0.2) is 18.2 Å². The number of hydrogen-bond donors (Lipinski definition) is 3. The van der Waals surface area contributed by atoms with Gasteiger partial charge in [0.2, 0.25) is 0 Å². The van der Waals surface area contributed by atoms with Gasteiger partial charge >= 0.3 is 0 Å². The fourth-order valence-electron chi connectivity index (χ4n) is 1.99. The van der Waals surface area contributed by atoms with Crippen LogP contribution in [0.5, 0.6) is 0 Å². The minimum Gasteiger partial charge on any atom is -0.394 e. The molecular weight excluding hydrogens is 216 g/mol. The Kier molecular flexibility index (Phi) is 3.64. The summed E-state index contributed by atoms with van der Waals surface area (Å²) in [4.78, 5) is 11.9. The Labute approximate surface area is 101 Å². The minimum atomic E-state index is -0.158. The zero-order valence-corrected chi connectivity index (χ0v) is 9.99. The van der Waals surface area contributed by atoms with Crippen molar-refractivity contribution >= 4 is 11.6 Å². The highest BCUT2D eigenvalue weighted by Crippen LogP contribution is 2.22. The Morgan fingerprint density at radius 2 is 2.41 bits per heavy atom. The quantitative estimate of drug-likeness (QED) is 0.732. The Bertz CT molecular complexity index is 414. The van der Waals surface area contributed by atoms with Gasteiger partial charge < -0.3 is 15.7 Å². The number of benzene rings is 1. The third-order valence-electron chi connectivity index (χ3n) is 3.13. The monoisotopic (exact) mass is 234 g/mol. The van der Waals surface area contributed by atoms with E-state index in [2.05, 4.69) is 10.6 Å². The molecule has 0 spiro atoms. The number of rotatable bonds is 4. The Morgan fingerprint density at radius 3 is 3.12 bits per heavy atom. The van der Waals surface area contributed by atoms with E-state index in [1.807, 2.05) is 25.1 Å². The summed E-state index contributed by atoms with van der Waals surface area (Å²) in [6.07, 6.45) is 1.70. The van der Waals surface area contributed by atoms with Crippen molar-refractivity contribution in [1.82, 2.24) is 5.32 Å². The summed E-state index contributed by atoms with van der Waals surface area (Å²) in [7, 11) is 0. The predicted molar refractivity (Wildman–Crippen MR) is 67.3 cm³/mol. The van der Waals surface area contributed by atoms with Gasteiger partial charge in [-0.3, -0.25) is 4.79 Å². The number of aliphatic hydroxyl groups excluding tert-OH is 1. The second kappa shape index (κ2) is 5.19. The molecule has 1 aromatic carbocycles. The van der Waals surface area contributed by atoms with Gasteiger partial charge in [0.05, 0.1) is 12.6 Å². The lowest BCUT2D eigenvalue weighted by atomic mass is 10.1. The molecule has 4 heteroatoms. The van der Waals surface area contributed by atoms with Gasteiger partial charge in [0.25, 0.3) is 5.91 Å². The molecule has 0 unspecified atom stereocenters. The largest absolute Gasteiger partial charge is 0.394 e. The number of fused-ring (bicyclic) bond motifs is 1. The zero-order valence-electron chi connectivity index (χ0n) is 9.99. The average molecular weight is 234 g/mol. The summed E-state index contributed by atoms with van der Waals surface area (Å²) < 4.78 is 0. The number of amides is 1. The van der Waals surface area contributed by atoms with Gasteiger partial charge in [0, 0.05) is 17.8 Å². The SMILES string of the molecule is CC[C@@H](CO)NC(=O)c1ccc2c(c1)CCN2. The molecule has 1 aromatic rings. The van der Waals surface area contributed by atoms with E-state index >= 15 is 0 Å². The first kappa shape index (κ1) is 11.9. The average Bonchev–Trinajstić information content (AvgIpc) is 2.82. The molecule has 0 bridgehead atoms. The van der Waals surface area contributed by atoms with Gasteiger partial charge in [-0.1, -0.05) is 6.92 Å². The summed E-state index contributed by atoms with van der Waals surface area (Å²) in [6, 6.07) is 5.52. The zero-order chi connectivity index (χ0) is 12.3. The molecule has 0 fully saturated rings. The molecule has 0 radical (unpaired) electrons. The Morgan fingerprint density at radius 1 is 1.59 bits per heavy atom. The molecule has 4 nitrogen and oxygen atoms in total. The van der Waals surface area contributed by atoms with Crippen molar-refractivity contribution in [2.75, 3.05) is 18.5 Å². The second-order valence-electron chi connectivity index (χ2n) is 4.31. The maximum absolute atomic E-state index is 11.9. The van der Waals surface area contributed by atoms with Gasteiger partial charge in [-0.05, 0) is 36.6 Å². The Balaban J connectivity index is 2.09. The molecule has 1 amide bonds. The van der Waals surface area contributed by atoms with E-state index < -0.39 is 0 Å². The fraction of sp³-hybridized carbons (Fsp3) is 0.462. The maximum Gasteiger partial charge on any atom is 0.251 e. The third kappa shape index (κ3) is 2.58. The first-order valence-electron chi connectivity index (χ1n) is 6.03. The van der Waals surface area contributed by atoms with Crippen LogP contribution in [-0.2, 0) is 6.42 Å². The highest BCUT2D eigenvalue weighted by molar-refractivity contribution is 5.95. The molecule has 1 atom stereocenters. The summed E-state index contributed by atoms with van der Waals surface area (Å²) in [5.74, 6) is -0.111. The number of carbonyl (C=O) groups is 1. The van der Waals surface area contributed by atoms with Gasteiger partial charge in [0.1, 0.15) is 0 Å². The minimum absolute atomic E-state index is 0.0191. The molecule has 1 heterocycles. The number of hydrogen-bond acceptors (Lipinski definition) is 3. The van der Waals surface area contributed by atoms with E-state index in [9.17, 15) is 4.79 Å². The van der Waals surface area contributed by atoms with Crippen molar-refractivity contribution in [1.29, 1.82) is 0 Å². The van der Waals surface area contributed by atoms with Crippen LogP contribution < -0.4 is 10.6 Å². The topological polar surface area (TPSA) is 61.4 Å². The summed E-state index contributed by atoms with van der Waals surface area (Å²) in [5.41, 5.74) is 2.98.